The molecule has 0 saturated carbocycles. The van der Waals surface area contributed by atoms with Crippen LogP contribution in [0, 0.1) is 0 Å². The van der Waals surface area contributed by atoms with Gasteiger partial charge in [0.05, 0.1) is 0 Å². The Kier molecular flexibility index (Phi) is 31.8. The van der Waals surface area contributed by atoms with E-state index in [1.807, 2.05) is 0 Å². The molecule has 0 unspecified atom stereocenters. The minimum absolute atomic E-state index is 0. The molecule has 0 amide bonds. The molecule has 0 atom stereocenters. The summed E-state index contributed by atoms with van der Waals surface area (Å²) in [5.74, 6) is 0. The SMILES string of the molecule is CCCCCN.[H-].[H-].[H-].[Li+].[Mg+2]. The Labute approximate surface area is 84.6 Å². The molecule has 0 aromatic heterocycles. The van der Waals surface area contributed by atoms with E-state index in [4.69, 9.17) is 5.73 Å². The predicted molar refractivity (Wildman–Crippen MR) is 37.7 cm³/mol. The third-order valence-electron chi connectivity index (χ3n) is 0.808. The molecule has 0 spiro atoms. The van der Waals surface area contributed by atoms with Crippen molar-refractivity contribution in [3.63, 3.8) is 0 Å². The molecule has 0 aliphatic heterocycles. The summed E-state index contributed by atoms with van der Waals surface area (Å²) < 4.78 is 0. The first kappa shape index (κ1) is 16.2. The molecule has 0 aromatic rings. The van der Waals surface area contributed by atoms with Gasteiger partial charge in [-0.05, 0) is 13.0 Å². The molecule has 0 radical (unpaired) electrons. The van der Waals surface area contributed by atoms with Crippen LogP contribution < -0.4 is 24.6 Å². The molecular formula is C5H16LiMgN. The van der Waals surface area contributed by atoms with Crippen LogP contribution in [0.2, 0.25) is 0 Å². The number of hydrogen-bond donors (Lipinski definition) is 1. The smallest absolute Gasteiger partial charge is 1.00 e. The Morgan fingerprint density at radius 3 is 2.00 bits per heavy atom. The van der Waals surface area contributed by atoms with Gasteiger partial charge in [0, 0.05) is 0 Å². The summed E-state index contributed by atoms with van der Waals surface area (Å²) in [6.45, 7) is 3.03. The van der Waals surface area contributed by atoms with Crippen LogP contribution in [0.3, 0.4) is 0 Å². The molecule has 0 aliphatic carbocycles. The first-order valence-electron chi connectivity index (χ1n) is 2.62. The van der Waals surface area contributed by atoms with Crippen molar-refractivity contribution in [2.45, 2.75) is 26.2 Å². The van der Waals surface area contributed by atoms with Crippen molar-refractivity contribution in [3.8, 4) is 0 Å². The molecule has 0 aliphatic rings. The van der Waals surface area contributed by atoms with Gasteiger partial charge in [-0.1, -0.05) is 19.8 Å². The summed E-state index contributed by atoms with van der Waals surface area (Å²) in [7, 11) is 0. The average Bonchev–Trinajstić information content (AvgIpc) is 1.61. The average molecular weight is 121 g/mol. The van der Waals surface area contributed by atoms with Crippen molar-refractivity contribution in [1.29, 1.82) is 0 Å². The van der Waals surface area contributed by atoms with E-state index in [0.717, 1.165) is 6.54 Å². The third kappa shape index (κ3) is 15.7. The van der Waals surface area contributed by atoms with E-state index in [1.54, 1.807) is 0 Å². The number of unbranched alkanes of at least 4 members (excludes halogenated alkanes) is 2. The largest absolute Gasteiger partial charge is 2.00 e. The van der Waals surface area contributed by atoms with Gasteiger partial charge in [0.2, 0.25) is 0 Å². The van der Waals surface area contributed by atoms with E-state index < -0.39 is 0 Å². The second-order valence-electron chi connectivity index (χ2n) is 1.50. The Morgan fingerprint density at radius 2 is 1.88 bits per heavy atom. The Balaban J connectivity index is -0.0000000125. The van der Waals surface area contributed by atoms with Gasteiger partial charge < -0.3 is 10.0 Å². The van der Waals surface area contributed by atoms with Crippen molar-refractivity contribution in [3.05, 3.63) is 0 Å². The van der Waals surface area contributed by atoms with Gasteiger partial charge in [-0.25, -0.2) is 0 Å². The van der Waals surface area contributed by atoms with Crippen LogP contribution in [-0.2, 0) is 0 Å². The standard InChI is InChI=1S/C5H13N.Li.Mg.3H/c1-2-3-4-5-6;;;;;/h2-6H2,1H3;;;;;/q;+1;+2;3*-1. The Bertz CT molecular complexity index is 33.7. The summed E-state index contributed by atoms with van der Waals surface area (Å²) in [6.07, 6.45) is 3.75. The number of rotatable bonds is 3. The third-order valence-corrected chi connectivity index (χ3v) is 0.808. The first-order chi connectivity index (χ1) is 2.91. The van der Waals surface area contributed by atoms with Crippen molar-refractivity contribution in [2.24, 2.45) is 5.73 Å². The molecule has 1 nitrogen and oxygen atoms in total. The Morgan fingerprint density at radius 1 is 1.38 bits per heavy atom. The van der Waals surface area contributed by atoms with Crippen LogP contribution in [-0.4, -0.2) is 29.6 Å². The molecule has 0 heterocycles. The van der Waals surface area contributed by atoms with E-state index in [0.29, 0.717) is 0 Å². The molecule has 8 heavy (non-hydrogen) atoms. The van der Waals surface area contributed by atoms with E-state index in [9.17, 15) is 0 Å². The summed E-state index contributed by atoms with van der Waals surface area (Å²) in [6, 6.07) is 0. The summed E-state index contributed by atoms with van der Waals surface area (Å²) >= 11 is 0. The van der Waals surface area contributed by atoms with Gasteiger partial charge in [-0.15, -0.1) is 0 Å². The normalized spacial score (nSPS) is 6.75. The zero-order valence-electron chi connectivity index (χ0n) is 9.11. The van der Waals surface area contributed by atoms with Crippen LogP contribution in [0.5, 0.6) is 0 Å². The molecule has 0 rings (SSSR count). The fourth-order valence-corrected chi connectivity index (χ4v) is 0.394. The van der Waals surface area contributed by atoms with Crippen molar-refractivity contribution in [2.75, 3.05) is 6.54 Å². The van der Waals surface area contributed by atoms with Gasteiger partial charge in [-0.2, -0.15) is 0 Å². The van der Waals surface area contributed by atoms with E-state index in [2.05, 4.69) is 6.92 Å². The molecule has 0 saturated heterocycles. The van der Waals surface area contributed by atoms with Crippen LogP contribution in [0.25, 0.3) is 0 Å². The maximum absolute atomic E-state index is 5.21. The fourth-order valence-electron chi connectivity index (χ4n) is 0.394. The van der Waals surface area contributed by atoms with Crippen LogP contribution in [0.1, 0.15) is 30.5 Å². The predicted octanol–water partition coefficient (Wildman–Crippen LogP) is -1.90. The summed E-state index contributed by atoms with van der Waals surface area (Å²) in [5.41, 5.74) is 5.21. The molecule has 0 fully saturated rings. The van der Waals surface area contributed by atoms with Gasteiger partial charge >= 0.3 is 41.9 Å². The molecule has 0 aromatic carbocycles. The van der Waals surface area contributed by atoms with E-state index >= 15 is 0 Å². The Hall–Kier alpha value is 1.32. The minimum atomic E-state index is 0. The summed E-state index contributed by atoms with van der Waals surface area (Å²) in [4.78, 5) is 0. The second-order valence-corrected chi connectivity index (χ2v) is 1.50. The van der Waals surface area contributed by atoms with Crippen molar-refractivity contribution in [1.82, 2.24) is 0 Å². The molecular weight excluding hydrogens is 105 g/mol. The number of hydrogen-bond acceptors (Lipinski definition) is 1. The maximum Gasteiger partial charge on any atom is 2.00 e. The maximum atomic E-state index is 5.21. The summed E-state index contributed by atoms with van der Waals surface area (Å²) in [5, 5.41) is 0. The topological polar surface area (TPSA) is 26.0 Å². The monoisotopic (exact) mass is 121 g/mol. The van der Waals surface area contributed by atoms with Gasteiger partial charge in [0.15, 0.2) is 0 Å². The van der Waals surface area contributed by atoms with Crippen molar-refractivity contribution < 1.29 is 23.1 Å². The second kappa shape index (κ2) is 15.8. The molecule has 44 valence electrons. The quantitative estimate of drug-likeness (QED) is 0.342. The van der Waals surface area contributed by atoms with Crippen LogP contribution in [0.4, 0.5) is 0 Å². The van der Waals surface area contributed by atoms with Gasteiger partial charge in [-0.3, -0.25) is 0 Å². The minimum Gasteiger partial charge on any atom is -1.00 e. The van der Waals surface area contributed by atoms with E-state index in [1.165, 1.54) is 19.3 Å². The van der Waals surface area contributed by atoms with Crippen LogP contribution in [0.15, 0.2) is 0 Å². The van der Waals surface area contributed by atoms with Crippen LogP contribution >= 0.6 is 0 Å². The zero-order valence-corrected chi connectivity index (χ0v) is 7.53. The first-order valence-corrected chi connectivity index (χ1v) is 2.62. The zero-order chi connectivity index (χ0) is 4.83. The molecule has 3 heteroatoms. The van der Waals surface area contributed by atoms with Gasteiger partial charge in [0.25, 0.3) is 0 Å². The van der Waals surface area contributed by atoms with Gasteiger partial charge in [0.1, 0.15) is 0 Å². The van der Waals surface area contributed by atoms with Crippen molar-refractivity contribution >= 4 is 23.1 Å². The molecule has 2 N–H and O–H groups in total. The van der Waals surface area contributed by atoms with E-state index in [-0.39, 0.29) is 46.2 Å². The number of nitrogens with two attached hydrogens (primary N) is 1. The molecule has 0 bridgehead atoms. The fraction of sp³-hybridized carbons (Fsp3) is 1.00.